The van der Waals surface area contributed by atoms with Crippen molar-refractivity contribution >= 4 is 48.1 Å². The monoisotopic (exact) mass is 1050 g/mol. The number of allylic oxidation sites excluding steroid dienone is 1. The number of alkyl halides is 9. The third-order valence-electron chi connectivity index (χ3n) is 5.18. The number of hydrogen-bond acceptors (Lipinski definition) is 19. The van der Waals surface area contributed by atoms with Crippen molar-refractivity contribution in [3.8, 4) is 0 Å². The number of methoxy groups -OCH3 is 3. The second-order valence-electron chi connectivity index (χ2n) is 8.95. The summed E-state index contributed by atoms with van der Waals surface area (Å²) in [5.74, 6) is -0.0557. The Morgan fingerprint density at radius 1 is 0.755 bits per heavy atom. The molecule has 0 radical (unpaired) electrons. The molecule has 0 heterocycles. The van der Waals surface area contributed by atoms with E-state index in [-0.39, 0.29) is 68.3 Å². The van der Waals surface area contributed by atoms with Crippen LogP contribution in [0.25, 0.3) is 0 Å². The number of carbonyl (C=O) groups is 2. The van der Waals surface area contributed by atoms with Crippen molar-refractivity contribution in [3.05, 3.63) is 12.2 Å². The molecule has 15 N–H and O–H groups in total. The van der Waals surface area contributed by atoms with E-state index in [2.05, 4.69) is 4.74 Å². The van der Waals surface area contributed by atoms with E-state index in [1.165, 1.54) is 14.2 Å². The second-order valence-corrected chi connectivity index (χ2v) is 13.1. The molecule has 1 aliphatic carbocycles. The minimum atomic E-state index is -6.09. The van der Waals surface area contributed by atoms with E-state index in [4.69, 9.17) is 52.8 Å². The van der Waals surface area contributed by atoms with Gasteiger partial charge in [0.25, 0.3) is 0 Å². The summed E-state index contributed by atoms with van der Waals surface area (Å²) < 4.78 is 197. The molecule has 0 amide bonds. The molecule has 0 bridgehead atoms. The summed E-state index contributed by atoms with van der Waals surface area (Å²) in [6.45, 7) is 5.84. The molecule has 1 rings (SSSR count). The van der Waals surface area contributed by atoms with E-state index < -0.39 is 64.4 Å². The molecule has 0 saturated heterocycles. The first-order valence-electron chi connectivity index (χ1n) is 11.4. The Kier molecular flexibility index (Phi) is 37.3. The molecule has 326 valence electrons. The third-order valence-corrected chi connectivity index (χ3v) is 6.88. The molecule has 20 nitrogen and oxygen atoms in total. The summed E-state index contributed by atoms with van der Waals surface area (Å²) in [7, 11) is -13.9. The van der Waals surface area contributed by atoms with E-state index >= 15 is 0 Å². The summed E-state index contributed by atoms with van der Waals surface area (Å²) in [5, 5.41) is 0. The van der Waals surface area contributed by atoms with Gasteiger partial charge in [0.05, 0.1) is 32.7 Å². The zero-order chi connectivity index (χ0) is 38.6. The predicted molar refractivity (Wildman–Crippen MR) is 157 cm³/mol. The maximum absolute atomic E-state index is 12.2. The molecule has 0 aromatic heterocycles. The van der Waals surface area contributed by atoms with Gasteiger partial charge >= 0.3 is 60.1 Å². The second kappa shape index (κ2) is 27.4. The molecular formula is C20H42F9N5O15OsS3. The molecule has 0 aromatic rings. The molecule has 0 aliphatic heterocycles. The van der Waals surface area contributed by atoms with Gasteiger partial charge in [-0.25, -0.2) is 34.5 Å². The maximum Gasteiger partial charge on any atom is 2.00 e. The first-order valence-corrected chi connectivity index (χ1v) is 15.7. The van der Waals surface area contributed by atoms with E-state index in [0.717, 1.165) is 0 Å². The van der Waals surface area contributed by atoms with Gasteiger partial charge in [-0.15, -0.1) is 0 Å². The van der Waals surface area contributed by atoms with E-state index in [1.807, 2.05) is 26.0 Å². The molecule has 0 spiro atoms. The fourth-order valence-corrected chi connectivity index (χ4v) is 2.90. The smallest absolute Gasteiger partial charge is 0.741 e. The standard InChI is InChI=1S/C17H27O6.3CHF3O3S.5H3N.Os/c1-11(15(18)21-5)23-13-8-7-12(10-20-4)14(9-13)17(2,3)16(19)22-6;3*2-1(3,4)8(5,6)7;;;;;;/h7-8,11-12,14H,9-10H2,1-6H3;3*(H,5,6,7);5*1H3;/q+1;;;;;;;;;+2/p-3/t11-,12-,14-;;;;;;;;;/m1........./s1. The first kappa shape index (κ1) is 72.1. The maximum atomic E-state index is 12.2. The van der Waals surface area contributed by atoms with Gasteiger partial charge in [0, 0.05) is 26.0 Å². The molecule has 0 unspecified atom stereocenters. The van der Waals surface area contributed by atoms with Crippen LogP contribution in [0.2, 0.25) is 0 Å². The van der Waals surface area contributed by atoms with Crippen LogP contribution in [-0.2, 0) is 78.4 Å². The largest absolute Gasteiger partial charge is 2.00 e. The van der Waals surface area contributed by atoms with Gasteiger partial charge in [-0.1, -0.05) is 6.08 Å². The van der Waals surface area contributed by atoms with Gasteiger partial charge in [-0.2, -0.15) is 39.5 Å². The van der Waals surface area contributed by atoms with Gasteiger partial charge in [-0.3, -0.25) is 4.79 Å². The summed E-state index contributed by atoms with van der Waals surface area (Å²) in [4.78, 5) is 23.7. The summed E-state index contributed by atoms with van der Waals surface area (Å²) in [6.07, 6.45) is 3.63. The van der Waals surface area contributed by atoms with Crippen LogP contribution in [0.1, 0.15) is 27.2 Å². The fraction of sp³-hybridized carbons (Fsp3) is 0.750. The van der Waals surface area contributed by atoms with Gasteiger partial charge in [-0.05, 0) is 19.8 Å². The molecule has 53 heavy (non-hydrogen) atoms. The van der Waals surface area contributed by atoms with Crippen molar-refractivity contribution in [1.29, 1.82) is 0 Å². The predicted octanol–water partition coefficient (Wildman–Crippen LogP) is 2.65. The number of rotatable bonds is 6. The van der Waals surface area contributed by atoms with Crippen LogP contribution in [0.5, 0.6) is 0 Å². The van der Waals surface area contributed by atoms with Gasteiger partial charge in [0.15, 0.2) is 30.4 Å². The van der Waals surface area contributed by atoms with Crippen LogP contribution in [-0.4, -0.2) is 107 Å². The first-order chi connectivity index (χ1) is 20.5. The van der Waals surface area contributed by atoms with Gasteiger partial charge in [0.1, 0.15) is 0 Å². The van der Waals surface area contributed by atoms with Crippen LogP contribution in [0.15, 0.2) is 12.2 Å². The molecule has 0 saturated carbocycles. The third kappa shape index (κ3) is 27.1. The fourth-order valence-electron chi connectivity index (χ4n) is 2.90. The number of hydrogen-bond donors (Lipinski definition) is 5. The number of carbonyl (C=O) groups excluding carboxylic acids is 3. The van der Waals surface area contributed by atoms with Gasteiger partial charge < -0.3 is 58.6 Å². The number of ether oxygens (including phenoxy) is 3. The minimum absolute atomic E-state index is 0. The Morgan fingerprint density at radius 3 is 1.28 bits per heavy atom. The number of esters is 2. The average Bonchev–Trinajstić information content (AvgIpc) is 2.86. The van der Waals surface area contributed by atoms with E-state index in [1.54, 1.807) is 14.0 Å². The normalized spacial score (nSPS) is 16.9. The van der Waals surface area contributed by atoms with Gasteiger partial charge in [0.2, 0.25) is 0 Å². The minimum Gasteiger partial charge on any atom is -0.741 e. The van der Waals surface area contributed by atoms with E-state index in [9.17, 15) is 49.1 Å². The number of halogens is 9. The van der Waals surface area contributed by atoms with Crippen LogP contribution in [0, 0.1) is 17.3 Å². The van der Waals surface area contributed by atoms with Crippen LogP contribution < -0.4 is 30.8 Å². The molecule has 0 fully saturated rings. The molecule has 1 aliphatic rings. The van der Waals surface area contributed by atoms with Crippen molar-refractivity contribution < 1.29 is 126 Å². The molecular weight excluding hydrogens is 1010 g/mol. The quantitative estimate of drug-likeness (QED) is 0.0839. The van der Waals surface area contributed by atoms with Crippen LogP contribution >= 0.6 is 0 Å². The SMILES string of the molecule is COC[C@H]1C=CC(=[O+][C@H](C)C(=O)OC)C[C@H]1C(C)(C)C(=O)OC.N.N.N.N.N.O=S(=O)([O-])C(F)(F)F.O=S(=O)([O-])C(F)(F)F.O=S(=O)([O-])C(F)(F)F.[Os+2]. The van der Waals surface area contributed by atoms with Crippen molar-refractivity contribution in [1.82, 2.24) is 30.8 Å². The van der Waals surface area contributed by atoms with Crippen LogP contribution in [0.3, 0.4) is 0 Å². The van der Waals surface area contributed by atoms with E-state index in [0.29, 0.717) is 18.8 Å². The Bertz CT molecular complexity index is 1340. The Morgan fingerprint density at radius 2 is 1.06 bits per heavy atom. The molecule has 33 heteroatoms. The number of ketones is 1. The molecule has 3 atom stereocenters. The zero-order valence-electron chi connectivity index (χ0n) is 28.4. The van der Waals surface area contributed by atoms with Crippen molar-refractivity contribution in [2.75, 3.05) is 27.9 Å². The topological polar surface area (TPSA) is 420 Å². The summed E-state index contributed by atoms with van der Waals surface area (Å²) in [6, 6.07) is 0. The van der Waals surface area contributed by atoms with Crippen LogP contribution in [0.4, 0.5) is 39.5 Å². The molecule has 0 aromatic carbocycles. The summed E-state index contributed by atoms with van der Waals surface area (Å²) >= 11 is 0. The summed E-state index contributed by atoms with van der Waals surface area (Å²) in [5.41, 5.74) is -17.6. The Labute approximate surface area is 311 Å². The van der Waals surface area contributed by atoms with Crippen molar-refractivity contribution in [2.24, 2.45) is 17.3 Å². The average molecular weight is 1050 g/mol. The van der Waals surface area contributed by atoms with Crippen molar-refractivity contribution in [2.45, 2.75) is 49.8 Å². The Hall–Kier alpha value is -2.15. The Balaban J connectivity index is -0.0000000775. The zero-order valence-corrected chi connectivity index (χ0v) is 33.4. The van der Waals surface area contributed by atoms with Crippen molar-refractivity contribution in [3.63, 3.8) is 0 Å².